The van der Waals surface area contributed by atoms with Crippen molar-refractivity contribution in [2.75, 3.05) is 13.7 Å². The molecule has 0 bridgehead atoms. The van der Waals surface area contributed by atoms with E-state index >= 15 is 0 Å². The van der Waals surface area contributed by atoms with Gasteiger partial charge in [0.1, 0.15) is 17.6 Å². The van der Waals surface area contributed by atoms with Crippen LogP contribution in [-0.2, 0) is 6.54 Å². The third-order valence-corrected chi connectivity index (χ3v) is 3.41. The van der Waals surface area contributed by atoms with Gasteiger partial charge in [-0.25, -0.2) is 0 Å². The molecule has 2 aromatic carbocycles. The van der Waals surface area contributed by atoms with E-state index in [1.54, 1.807) is 7.11 Å². The van der Waals surface area contributed by atoms with Crippen LogP contribution >= 0.6 is 0 Å². The van der Waals surface area contributed by atoms with E-state index in [1.165, 1.54) is 0 Å². The first kappa shape index (κ1) is 15.4. The molecule has 0 amide bonds. The van der Waals surface area contributed by atoms with Gasteiger partial charge in [-0.15, -0.1) is 0 Å². The molecule has 0 aliphatic carbocycles. The molecule has 0 heterocycles. The molecule has 2 aromatic rings. The smallest absolute Gasteiger partial charge is 0.128 e. The second kappa shape index (κ2) is 7.70. The first-order valence-electron chi connectivity index (χ1n) is 7.33. The van der Waals surface area contributed by atoms with E-state index in [2.05, 4.69) is 37.4 Å². The van der Waals surface area contributed by atoms with Crippen molar-refractivity contribution < 1.29 is 9.47 Å². The zero-order chi connectivity index (χ0) is 15.1. The molecule has 112 valence electrons. The highest BCUT2D eigenvalue weighted by Crippen LogP contribution is 2.29. The summed E-state index contributed by atoms with van der Waals surface area (Å²) in [5, 5.41) is 3.33. The lowest BCUT2D eigenvalue weighted by Crippen LogP contribution is -2.13. The maximum Gasteiger partial charge on any atom is 0.128 e. The van der Waals surface area contributed by atoms with E-state index in [-0.39, 0.29) is 6.10 Å². The number of methoxy groups -OCH3 is 1. The van der Waals surface area contributed by atoms with Gasteiger partial charge in [0.2, 0.25) is 0 Å². The van der Waals surface area contributed by atoms with Crippen LogP contribution in [0.15, 0.2) is 48.5 Å². The topological polar surface area (TPSA) is 30.5 Å². The van der Waals surface area contributed by atoms with Crippen LogP contribution in [0, 0.1) is 0 Å². The van der Waals surface area contributed by atoms with Crippen LogP contribution in [-0.4, -0.2) is 13.7 Å². The first-order chi connectivity index (χ1) is 10.2. The molecule has 0 aliphatic rings. The first-order valence-corrected chi connectivity index (χ1v) is 7.33. The molecular formula is C18H23NO2. The van der Waals surface area contributed by atoms with Gasteiger partial charge in [0.25, 0.3) is 0 Å². The van der Waals surface area contributed by atoms with Gasteiger partial charge in [-0.3, -0.25) is 0 Å². The van der Waals surface area contributed by atoms with Crippen molar-refractivity contribution >= 4 is 0 Å². The largest absolute Gasteiger partial charge is 0.497 e. The molecule has 0 saturated carbocycles. The molecule has 1 atom stereocenters. The van der Waals surface area contributed by atoms with Gasteiger partial charge in [-0.2, -0.15) is 0 Å². The fourth-order valence-corrected chi connectivity index (χ4v) is 2.16. The van der Waals surface area contributed by atoms with Crippen molar-refractivity contribution in [1.82, 2.24) is 5.32 Å². The third-order valence-electron chi connectivity index (χ3n) is 3.41. The predicted molar refractivity (Wildman–Crippen MR) is 85.9 cm³/mol. The van der Waals surface area contributed by atoms with Crippen molar-refractivity contribution in [3.05, 3.63) is 59.7 Å². The lowest BCUT2D eigenvalue weighted by Gasteiger charge is -2.19. The maximum atomic E-state index is 6.15. The van der Waals surface area contributed by atoms with Crippen molar-refractivity contribution in [2.45, 2.75) is 26.5 Å². The Morgan fingerprint density at radius 2 is 1.86 bits per heavy atom. The summed E-state index contributed by atoms with van der Waals surface area (Å²) >= 11 is 0. The minimum Gasteiger partial charge on any atom is -0.497 e. The highest BCUT2D eigenvalue weighted by atomic mass is 16.5. The molecule has 0 aromatic heterocycles. The summed E-state index contributed by atoms with van der Waals surface area (Å²) in [5.74, 6) is 1.68. The van der Waals surface area contributed by atoms with Crippen LogP contribution in [0.25, 0.3) is 0 Å². The van der Waals surface area contributed by atoms with Gasteiger partial charge in [0.15, 0.2) is 0 Å². The van der Waals surface area contributed by atoms with E-state index in [1.807, 2.05) is 30.3 Å². The number of rotatable bonds is 7. The minimum atomic E-state index is -0.00122. The van der Waals surface area contributed by atoms with Gasteiger partial charge >= 0.3 is 0 Å². The van der Waals surface area contributed by atoms with E-state index in [4.69, 9.17) is 9.47 Å². The number of ether oxygens (including phenoxy) is 2. The molecule has 1 N–H and O–H groups in total. The second-order valence-electron chi connectivity index (χ2n) is 4.92. The summed E-state index contributed by atoms with van der Waals surface area (Å²) in [5.41, 5.74) is 2.30. The zero-order valence-electron chi connectivity index (χ0n) is 12.9. The van der Waals surface area contributed by atoms with Crippen molar-refractivity contribution in [3.8, 4) is 11.5 Å². The van der Waals surface area contributed by atoms with Gasteiger partial charge in [-0.05, 0) is 25.1 Å². The summed E-state index contributed by atoms with van der Waals surface area (Å²) in [6.45, 7) is 5.87. The van der Waals surface area contributed by atoms with Crippen molar-refractivity contribution in [3.63, 3.8) is 0 Å². The second-order valence-corrected chi connectivity index (χ2v) is 4.92. The van der Waals surface area contributed by atoms with E-state index < -0.39 is 0 Å². The van der Waals surface area contributed by atoms with Crippen LogP contribution in [0.5, 0.6) is 11.5 Å². The molecule has 0 aliphatic heterocycles. The Labute approximate surface area is 126 Å². The lowest BCUT2D eigenvalue weighted by molar-refractivity contribution is 0.223. The predicted octanol–water partition coefficient (Wildman–Crippen LogP) is 3.94. The van der Waals surface area contributed by atoms with Crippen LogP contribution in [0.2, 0.25) is 0 Å². The van der Waals surface area contributed by atoms with Crippen LogP contribution < -0.4 is 14.8 Å². The summed E-state index contributed by atoms with van der Waals surface area (Å²) in [4.78, 5) is 0. The number of hydrogen-bond donors (Lipinski definition) is 1. The van der Waals surface area contributed by atoms with E-state index in [0.717, 1.165) is 35.7 Å². The summed E-state index contributed by atoms with van der Waals surface area (Å²) in [6.07, 6.45) is -0.00122. The summed E-state index contributed by atoms with van der Waals surface area (Å²) in [6, 6.07) is 16.2. The van der Waals surface area contributed by atoms with Gasteiger partial charge in [0, 0.05) is 18.2 Å². The number of nitrogens with one attached hydrogen (secondary N) is 1. The van der Waals surface area contributed by atoms with Gasteiger partial charge in [-0.1, -0.05) is 43.3 Å². The average Bonchev–Trinajstić information content (AvgIpc) is 2.54. The molecule has 21 heavy (non-hydrogen) atoms. The Morgan fingerprint density at radius 1 is 1.10 bits per heavy atom. The van der Waals surface area contributed by atoms with Crippen LogP contribution in [0.1, 0.15) is 31.1 Å². The van der Waals surface area contributed by atoms with Crippen molar-refractivity contribution in [2.24, 2.45) is 0 Å². The highest BCUT2D eigenvalue weighted by molar-refractivity contribution is 5.41. The standard InChI is InChI=1S/C18H23NO2/c1-4-19-13-16-10-11-17(20-3)12-18(16)21-14(2)15-8-6-5-7-9-15/h5-12,14,19H,4,13H2,1-3H3. The fourth-order valence-electron chi connectivity index (χ4n) is 2.16. The average molecular weight is 285 g/mol. The van der Waals surface area contributed by atoms with Gasteiger partial charge < -0.3 is 14.8 Å². The Kier molecular flexibility index (Phi) is 5.64. The lowest BCUT2D eigenvalue weighted by atomic mass is 10.1. The molecule has 0 fully saturated rings. The molecule has 0 saturated heterocycles. The Hall–Kier alpha value is -2.00. The highest BCUT2D eigenvalue weighted by Gasteiger charge is 2.11. The molecule has 1 unspecified atom stereocenters. The van der Waals surface area contributed by atoms with Crippen LogP contribution in [0.3, 0.4) is 0 Å². The number of hydrogen-bond acceptors (Lipinski definition) is 3. The molecule has 0 spiro atoms. The van der Waals surface area contributed by atoms with Crippen molar-refractivity contribution in [1.29, 1.82) is 0 Å². The number of benzene rings is 2. The minimum absolute atomic E-state index is 0.00122. The SMILES string of the molecule is CCNCc1ccc(OC)cc1OC(C)c1ccccc1. The van der Waals surface area contributed by atoms with Gasteiger partial charge in [0.05, 0.1) is 7.11 Å². The Bertz CT molecular complexity index is 554. The fraction of sp³-hybridized carbons (Fsp3) is 0.333. The summed E-state index contributed by atoms with van der Waals surface area (Å²) < 4.78 is 11.5. The maximum absolute atomic E-state index is 6.15. The quantitative estimate of drug-likeness (QED) is 0.835. The molecule has 3 heteroatoms. The third kappa shape index (κ3) is 4.23. The Balaban J connectivity index is 2.20. The zero-order valence-corrected chi connectivity index (χ0v) is 12.9. The summed E-state index contributed by atoms with van der Waals surface area (Å²) in [7, 11) is 1.67. The monoisotopic (exact) mass is 285 g/mol. The molecule has 2 rings (SSSR count). The molecule has 3 nitrogen and oxygen atoms in total. The normalized spacial score (nSPS) is 12.0. The molecular weight excluding hydrogens is 262 g/mol. The van der Waals surface area contributed by atoms with E-state index in [9.17, 15) is 0 Å². The van der Waals surface area contributed by atoms with E-state index in [0.29, 0.717) is 0 Å². The Morgan fingerprint density at radius 3 is 2.52 bits per heavy atom. The van der Waals surface area contributed by atoms with Crippen LogP contribution in [0.4, 0.5) is 0 Å². The molecule has 0 radical (unpaired) electrons.